The van der Waals surface area contributed by atoms with Gasteiger partial charge in [0.05, 0.1) is 18.3 Å². The maximum Gasteiger partial charge on any atom is 0.160 e. The van der Waals surface area contributed by atoms with E-state index in [1.807, 2.05) is 49.1 Å². The SMILES string of the molecule is CCOc1ccc(Br)cc1[C@@H]1[C@@H](c2ccccn2)N=C2S[C@H](C)CN21. The number of rotatable bonds is 4. The predicted octanol–water partition coefficient (Wildman–Crippen LogP) is 4.83. The summed E-state index contributed by atoms with van der Waals surface area (Å²) in [6.45, 7) is 5.92. The highest BCUT2D eigenvalue weighted by Gasteiger charge is 2.44. The fraction of sp³-hybridized carbons (Fsp3) is 0.368. The molecule has 4 rings (SSSR count). The Morgan fingerprint density at radius 2 is 2.20 bits per heavy atom. The van der Waals surface area contributed by atoms with Crippen LogP contribution in [0.25, 0.3) is 0 Å². The molecule has 0 N–H and O–H groups in total. The lowest BCUT2D eigenvalue weighted by molar-refractivity contribution is 0.292. The molecule has 1 fully saturated rings. The van der Waals surface area contributed by atoms with Crippen molar-refractivity contribution in [3.8, 4) is 5.75 Å². The molecule has 2 aliphatic rings. The molecule has 0 spiro atoms. The molecule has 1 aromatic carbocycles. The summed E-state index contributed by atoms with van der Waals surface area (Å²) in [5.41, 5.74) is 2.17. The fourth-order valence-corrected chi connectivity index (χ4v) is 4.96. The zero-order valence-corrected chi connectivity index (χ0v) is 16.6. The molecule has 0 unspecified atom stereocenters. The lowest BCUT2D eigenvalue weighted by atomic mass is 9.95. The molecule has 2 aromatic rings. The summed E-state index contributed by atoms with van der Waals surface area (Å²) in [6, 6.07) is 12.4. The summed E-state index contributed by atoms with van der Waals surface area (Å²) in [6.07, 6.45) is 1.84. The molecule has 4 nitrogen and oxygen atoms in total. The minimum Gasteiger partial charge on any atom is -0.494 e. The molecule has 25 heavy (non-hydrogen) atoms. The number of thioether (sulfide) groups is 1. The van der Waals surface area contributed by atoms with Gasteiger partial charge in [-0.3, -0.25) is 9.98 Å². The van der Waals surface area contributed by atoms with Gasteiger partial charge in [0.15, 0.2) is 5.17 Å². The number of ether oxygens (including phenoxy) is 1. The van der Waals surface area contributed by atoms with Gasteiger partial charge in [-0.1, -0.05) is 40.7 Å². The molecule has 3 heterocycles. The summed E-state index contributed by atoms with van der Waals surface area (Å²) in [5.74, 6) is 0.928. The molecule has 0 aliphatic carbocycles. The number of hydrogen-bond acceptors (Lipinski definition) is 5. The van der Waals surface area contributed by atoms with Crippen LogP contribution in [0.3, 0.4) is 0 Å². The number of aliphatic imine (C=N–C) groups is 1. The van der Waals surface area contributed by atoms with E-state index in [-0.39, 0.29) is 12.1 Å². The monoisotopic (exact) mass is 417 g/mol. The Morgan fingerprint density at radius 1 is 1.32 bits per heavy atom. The normalized spacial score (nSPS) is 25.0. The van der Waals surface area contributed by atoms with Crippen LogP contribution in [-0.2, 0) is 0 Å². The lowest BCUT2D eigenvalue weighted by Gasteiger charge is -2.29. The van der Waals surface area contributed by atoms with Crippen LogP contribution in [0.4, 0.5) is 0 Å². The standard InChI is InChI=1S/C19H20BrN3OS/c1-3-24-16-8-7-13(20)10-14(16)18-17(15-6-4-5-9-21-15)22-19-23(18)11-12(2)25-19/h4-10,12,17-18H,3,11H2,1-2H3/t12-,17-,18-/m1/s1. The van der Waals surface area contributed by atoms with Gasteiger partial charge in [-0.2, -0.15) is 0 Å². The minimum absolute atomic E-state index is 0.00953. The summed E-state index contributed by atoms with van der Waals surface area (Å²) < 4.78 is 6.99. The first-order chi connectivity index (χ1) is 12.2. The summed E-state index contributed by atoms with van der Waals surface area (Å²) in [5, 5.41) is 1.67. The van der Waals surface area contributed by atoms with Crippen molar-refractivity contribution in [2.24, 2.45) is 4.99 Å². The summed E-state index contributed by atoms with van der Waals surface area (Å²) >= 11 is 5.47. The van der Waals surface area contributed by atoms with Gasteiger partial charge in [0.25, 0.3) is 0 Å². The molecular formula is C19H20BrN3OS. The molecular weight excluding hydrogens is 398 g/mol. The topological polar surface area (TPSA) is 37.7 Å². The van der Waals surface area contributed by atoms with Gasteiger partial charge in [0.2, 0.25) is 0 Å². The first kappa shape index (κ1) is 16.9. The van der Waals surface area contributed by atoms with Gasteiger partial charge < -0.3 is 9.64 Å². The van der Waals surface area contributed by atoms with E-state index in [1.165, 1.54) is 5.56 Å². The molecule has 2 aliphatic heterocycles. The third kappa shape index (κ3) is 3.17. The molecule has 0 radical (unpaired) electrons. The number of pyridine rings is 1. The predicted molar refractivity (Wildman–Crippen MR) is 106 cm³/mol. The van der Waals surface area contributed by atoms with Crippen LogP contribution < -0.4 is 4.74 Å². The van der Waals surface area contributed by atoms with Gasteiger partial charge in [-0.15, -0.1) is 0 Å². The van der Waals surface area contributed by atoms with Crippen LogP contribution >= 0.6 is 27.7 Å². The highest BCUT2D eigenvalue weighted by atomic mass is 79.9. The van der Waals surface area contributed by atoms with E-state index < -0.39 is 0 Å². The zero-order valence-electron chi connectivity index (χ0n) is 14.2. The Balaban J connectivity index is 1.81. The van der Waals surface area contributed by atoms with Gasteiger partial charge in [0.1, 0.15) is 11.8 Å². The Hall–Kier alpha value is -1.53. The van der Waals surface area contributed by atoms with Crippen molar-refractivity contribution >= 4 is 32.9 Å². The number of fused-ring (bicyclic) bond motifs is 1. The maximum absolute atomic E-state index is 5.94. The summed E-state index contributed by atoms with van der Waals surface area (Å²) in [4.78, 5) is 12.0. The van der Waals surface area contributed by atoms with Crippen molar-refractivity contribution in [2.45, 2.75) is 31.2 Å². The third-order valence-corrected chi connectivity index (χ3v) is 6.07. The van der Waals surface area contributed by atoms with Gasteiger partial charge in [-0.25, -0.2) is 0 Å². The van der Waals surface area contributed by atoms with E-state index in [0.717, 1.165) is 27.6 Å². The van der Waals surface area contributed by atoms with Crippen LogP contribution in [0.15, 0.2) is 52.1 Å². The van der Waals surface area contributed by atoms with Crippen LogP contribution in [0.1, 0.15) is 37.2 Å². The highest BCUT2D eigenvalue weighted by molar-refractivity contribution is 9.10. The van der Waals surface area contributed by atoms with Crippen LogP contribution in [0.2, 0.25) is 0 Å². The molecule has 6 heteroatoms. The number of benzene rings is 1. The summed E-state index contributed by atoms with van der Waals surface area (Å²) in [7, 11) is 0. The second kappa shape index (κ2) is 7.00. The van der Waals surface area contributed by atoms with E-state index in [1.54, 1.807) is 0 Å². The highest BCUT2D eigenvalue weighted by Crippen LogP contribution is 2.49. The Labute approximate surface area is 160 Å². The number of halogens is 1. The van der Waals surface area contributed by atoms with Gasteiger partial charge in [-0.05, 0) is 37.3 Å². The molecule has 0 bridgehead atoms. The average Bonchev–Trinajstić information content (AvgIpc) is 3.13. The van der Waals surface area contributed by atoms with Crippen molar-refractivity contribution in [1.82, 2.24) is 9.88 Å². The van der Waals surface area contributed by atoms with Crippen molar-refractivity contribution in [2.75, 3.05) is 13.2 Å². The number of aromatic nitrogens is 1. The Morgan fingerprint density at radius 3 is 2.96 bits per heavy atom. The van der Waals surface area contributed by atoms with Crippen molar-refractivity contribution in [3.05, 3.63) is 58.3 Å². The second-order valence-electron chi connectivity index (χ2n) is 6.25. The molecule has 3 atom stereocenters. The minimum atomic E-state index is -0.00953. The number of hydrogen-bond donors (Lipinski definition) is 0. The van der Waals surface area contributed by atoms with E-state index in [2.05, 4.69) is 44.9 Å². The molecule has 1 saturated heterocycles. The van der Waals surface area contributed by atoms with E-state index in [9.17, 15) is 0 Å². The number of nitrogens with zero attached hydrogens (tertiary/aromatic N) is 3. The van der Waals surface area contributed by atoms with Crippen LogP contribution in [0, 0.1) is 0 Å². The Kier molecular flexibility index (Phi) is 4.73. The molecule has 1 aromatic heterocycles. The lowest BCUT2D eigenvalue weighted by Crippen LogP contribution is -2.29. The smallest absolute Gasteiger partial charge is 0.160 e. The van der Waals surface area contributed by atoms with E-state index >= 15 is 0 Å². The Bertz CT molecular complexity index is 799. The second-order valence-corrected chi connectivity index (χ2v) is 8.57. The average molecular weight is 418 g/mol. The zero-order chi connectivity index (χ0) is 17.4. The van der Waals surface area contributed by atoms with Gasteiger partial charge >= 0.3 is 0 Å². The van der Waals surface area contributed by atoms with E-state index in [0.29, 0.717) is 11.9 Å². The first-order valence-electron chi connectivity index (χ1n) is 8.51. The fourth-order valence-electron chi connectivity index (χ4n) is 3.49. The molecule has 0 amide bonds. The van der Waals surface area contributed by atoms with Crippen molar-refractivity contribution < 1.29 is 4.74 Å². The number of amidine groups is 1. The molecule has 130 valence electrons. The van der Waals surface area contributed by atoms with Crippen molar-refractivity contribution in [1.29, 1.82) is 0 Å². The van der Waals surface area contributed by atoms with Crippen molar-refractivity contribution in [3.63, 3.8) is 0 Å². The quantitative estimate of drug-likeness (QED) is 0.713. The maximum atomic E-state index is 5.94. The molecule has 0 saturated carbocycles. The van der Waals surface area contributed by atoms with E-state index in [4.69, 9.17) is 9.73 Å². The van der Waals surface area contributed by atoms with Crippen LogP contribution in [-0.4, -0.2) is 33.5 Å². The third-order valence-electron chi connectivity index (χ3n) is 4.47. The largest absolute Gasteiger partial charge is 0.494 e. The van der Waals surface area contributed by atoms with Gasteiger partial charge in [0, 0.05) is 28.0 Å². The van der Waals surface area contributed by atoms with Crippen LogP contribution in [0.5, 0.6) is 5.75 Å². The first-order valence-corrected chi connectivity index (χ1v) is 10.2.